The molecule has 0 fully saturated rings. The van der Waals surface area contributed by atoms with Gasteiger partial charge in [0.2, 0.25) is 5.95 Å². The van der Waals surface area contributed by atoms with E-state index in [1.54, 1.807) is 18.2 Å². The Labute approximate surface area is 168 Å². The van der Waals surface area contributed by atoms with Crippen LogP contribution in [0.15, 0.2) is 42.5 Å². The van der Waals surface area contributed by atoms with Gasteiger partial charge in [-0.15, -0.1) is 0 Å². The molecule has 0 saturated carbocycles. The number of aryl methyl sites for hydroxylation is 3. The molecule has 0 saturated heterocycles. The minimum Gasteiger partial charge on any atom is -0.495 e. The minimum absolute atomic E-state index is 0.248. The standard InChI is InChI=1S/C21H21ClN4O2/c1-12-6-5-7-15(8-12)24-21-23-14(3)10-18(26-21)20(27)25-17-9-13(2)16(22)11-19(17)28-4/h5-11H,1-4H3,(H,25,27)(H,23,24,26). The van der Waals surface area contributed by atoms with Crippen molar-refractivity contribution in [2.45, 2.75) is 20.8 Å². The number of nitrogens with zero attached hydrogens (tertiary/aromatic N) is 2. The zero-order chi connectivity index (χ0) is 20.3. The van der Waals surface area contributed by atoms with E-state index in [9.17, 15) is 4.79 Å². The van der Waals surface area contributed by atoms with Crippen molar-refractivity contribution < 1.29 is 9.53 Å². The first kappa shape index (κ1) is 19.6. The number of ether oxygens (including phenoxy) is 1. The third-order valence-corrected chi connectivity index (χ3v) is 4.50. The average molecular weight is 397 g/mol. The molecule has 3 aromatic rings. The number of hydrogen-bond acceptors (Lipinski definition) is 5. The van der Waals surface area contributed by atoms with Gasteiger partial charge in [0.1, 0.15) is 11.4 Å². The predicted octanol–water partition coefficient (Wildman–Crippen LogP) is 5.06. The van der Waals surface area contributed by atoms with E-state index < -0.39 is 0 Å². The van der Waals surface area contributed by atoms with Gasteiger partial charge in [-0.05, 0) is 56.2 Å². The highest BCUT2D eigenvalue weighted by Crippen LogP contribution is 2.31. The Morgan fingerprint density at radius 2 is 1.86 bits per heavy atom. The Balaban J connectivity index is 1.86. The van der Waals surface area contributed by atoms with E-state index in [4.69, 9.17) is 16.3 Å². The maximum absolute atomic E-state index is 12.8. The molecule has 0 aliphatic heterocycles. The second-order valence-electron chi connectivity index (χ2n) is 6.47. The minimum atomic E-state index is -0.363. The first-order valence-corrected chi connectivity index (χ1v) is 9.08. The lowest BCUT2D eigenvalue weighted by Crippen LogP contribution is -2.16. The number of carbonyl (C=O) groups excluding carboxylic acids is 1. The smallest absolute Gasteiger partial charge is 0.274 e. The third-order valence-electron chi connectivity index (χ3n) is 4.09. The number of carbonyl (C=O) groups is 1. The molecular formula is C21H21ClN4O2. The van der Waals surface area contributed by atoms with Crippen LogP contribution in [0, 0.1) is 20.8 Å². The van der Waals surface area contributed by atoms with Gasteiger partial charge in [-0.25, -0.2) is 9.97 Å². The van der Waals surface area contributed by atoms with Gasteiger partial charge >= 0.3 is 0 Å². The van der Waals surface area contributed by atoms with Crippen molar-refractivity contribution in [3.05, 3.63) is 70.0 Å². The molecule has 0 bridgehead atoms. The van der Waals surface area contributed by atoms with Crippen LogP contribution in [0.3, 0.4) is 0 Å². The van der Waals surface area contributed by atoms with Crippen molar-refractivity contribution in [3.8, 4) is 5.75 Å². The van der Waals surface area contributed by atoms with Crippen molar-refractivity contribution in [2.24, 2.45) is 0 Å². The van der Waals surface area contributed by atoms with Gasteiger partial charge in [0.15, 0.2) is 0 Å². The van der Waals surface area contributed by atoms with Crippen LogP contribution in [-0.4, -0.2) is 23.0 Å². The quantitative estimate of drug-likeness (QED) is 0.630. The van der Waals surface area contributed by atoms with E-state index >= 15 is 0 Å². The molecule has 3 rings (SSSR count). The monoisotopic (exact) mass is 396 g/mol. The van der Waals surface area contributed by atoms with Crippen molar-refractivity contribution >= 4 is 34.8 Å². The highest BCUT2D eigenvalue weighted by Gasteiger charge is 2.15. The molecule has 0 unspecified atom stereocenters. The Hall–Kier alpha value is -3.12. The first-order chi connectivity index (χ1) is 13.4. The van der Waals surface area contributed by atoms with E-state index in [0.29, 0.717) is 28.1 Å². The zero-order valence-electron chi connectivity index (χ0n) is 16.1. The summed E-state index contributed by atoms with van der Waals surface area (Å²) in [7, 11) is 1.52. The van der Waals surface area contributed by atoms with Gasteiger partial charge in [-0.1, -0.05) is 23.7 Å². The summed E-state index contributed by atoms with van der Waals surface area (Å²) in [5, 5.41) is 6.54. The molecule has 1 heterocycles. The molecular weight excluding hydrogens is 376 g/mol. The SMILES string of the molecule is COc1cc(Cl)c(C)cc1NC(=O)c1cc(C)nc(Nc2cccc(C)c2)n1. The van der Waals surface area contributed by atoms with E-state index in [-0.39, 0.29) is 11.6 Å². The number of aromatic nitrogens is 2. The summed E-state index contributed by atoms with van der Waals surface area (Å²) in [5.41, 5.74) is 4.25. The number of nitrogens with one attached hydrogen (secondary N) is 2. The van der Waals surface area contributed by atoms with Gasteiger partial charge in [0.25, 0.3) is 5.91 Å². The second-order valence-corrected chi connectivity index (χ2v) is 6.88. The van der Waals surface area contributed by atoms with E-state index in [1.165, 1.54) is 7.11 Å². The number of anilines is 3. The summed E-state index contributed by atoms with van der Waals surface area (Å²) in [6, 6.07) is 12.9. The lowest BCUT2D eigenvalue weighted by atomic mass is 10.2. The van der Waals surface area contributed by atoms with Crippen molar-refractivity contribution in [1.82, 2.24) is 9.97 Å². The Bertz CT molecular complexity index is 1040. The Morgan fingerprint density at radius 3 is 2.57 bits per heavy atom. The number of methoxy groups -OCH3 is 1. The van der Waals surface area contributed by atoms with Gasteiger partial charge in [-0.3, -0.25) is 4.79 Å². The van der Waals surface area contributed by atoms with Gasteiger partial charge < -0.3 is 15.4 Å². The molecule has 0 atom stereocenters. The number of halogens is 1. The second kappa shape index (κ2) is 8.27. The van der Waals surface area contributed by atoms with Gasteiger partial charge in [0, 0.05) is 22.5 Å². The van der Waals surface area contributed by atoms with Crippen molar-refractivity contribution in [3.63, 3.8) is 0 Å². The molecule has 0 aliphatic carbocycles. The maximum Gasteiger partial charge on any atom is 0.274 e. The summed E-state index contributed by atoms with van der Waals surface area (Å²) in [6.45, 7) is 5.67. The summed E-state index contributed by atoms with van der Waals surface area (Å²) < 4.78 is 5.31. The van der Waals surface area contributed by atoms with Crippen LogP contribution in [0.2, 0.25) is 5.02 Å². The Morgan fingerprint density at radius 1 is 1.07 bits per heavy atom. The van der Waals surface area contributed by atoms with Crippen LogP contribution < -0.4 is 15.4 Å². The molecule has 28 heavy (non-hydrogen) atoms. The normalized spacial score (nSPS) is 10.5. The molecule has 0 spiro atoms. The number of rotatable bonds is 5. The maximum atomic E-state index is 12.8. The molecule has 2 aromatic carbocycles. The molecule has 0 aliphatic rings. The van der Waals surface area contributed by atoms with E-state index in [0.717, 1.165) is 16.8 Å². The summed E-state index contributed by atoms with van der Waals surface area (Å²) in [5.74, 6) is 0.473. The zero-order valence-corrected chi connectivity index (χ0v) is 16.9. The largest absolute Gasteiger partial charge is 0.495 e. The van der Waals surface area contributed by atoms with Crippen LogP contribution in [0.4, 0.5) is 17.3 Å². The summed E-state index contributed by atoms with van der Waals surface area (Å²) in [4.78, 5) is 21.5. The lowest BCUT2D eigenvalue weighted by Gasteiger charge is -2.13. The van der Waals surface area contributed by atoms with Gasteiger partial charge in [0.05, 0.1) is 12.8 Å². The fourth-order valence-corrected chi connectivity index (χ4v) is 2.86. The third kappa shape index (κ3) is 4.58. The molecule has 6 nitrogen and oxygen atoms in total. The van der Waals surface area contributed by atoms with Crippen LogP contribution >= 0.6 is 11.6 Å². The van der Waals surface area contributed by atoms with Gasteiger partial charge in [-0.2, -0.15) is 0 Å². The highest BCUT2D eigenvalue weighted by molar-refractivity contribution is 6.31. The van der Waals surface area contributed by atoms with Crippen molar-refractivity contribution in [1.29, 1.82) is 0 Å². The average Bonchev–Trinajstić information content (AvgIpc) is 2.64. The molecule has 0 radical (unpaired) electrons. The molecule has 7 heteroatoms. The first-order valence-electron chi connectivity index (χ1n) is 8.70. The Kier molecular flexibility index (Phi) is 5.80. The molecule has 1 amide bonds. The predicted molar refractivity (Wildman–Crippen MR) is 112 cm³/mol. The number of benzene rings is 2. The fraction of sp³-hybridized carbons (Fsp3) is 0.190. The van der Waals surface area contributed by atoms with E-state index in [1.807, 2.05) is 45.0 Å². The van der Waals surface area contributed by atoms with Crippen LogP contribution in [0.1, 0.15) is 27.3 Å². The summed E-state index contributed by atoms with van der Waals surface area (Å²) >= 11 is 6.13. The topological polar surface area (TPSA) is 76.1 Å². The number of hydrogen-bond donors (Lipinski definition) is 2. The number of amides is 1. The lowest BCUT2D eigenvalue weighted by molar-refractivity contribution is 0.102. The van der Waals surface area contributed by atoms with Crippen LogP contribution in [0.25, 0.3) is 0 Å². The highest BCUT2D eigenvalue weighted by atomic mass is 35.5. The van der Waals surface area contributed by atoms with Crippen LogP contribution in [0.5, 0.6) is 5.75 Å². The molecule has 144 valence electrons. The fourth-order valence-electron chi connectivity index (χ4n) is 2.71. The summed E-state index contributed by atoms with van der Waals surface area (Å²) in [6.07, 6.45) is 0. The van der Waals surface area contributed by atoms with E-state index in [2.05, 4.69) is 20.6 Å². The molecule has 2 N–H and O–H groups in total. The van der Waals surface area contributed by atoms with Crippen LogP contribution in [-0.2, 0) is 0 Å². The molecule has 1 aromatic heterocycles. The van der Waals surface area contributed by atoms with Crippen molar-refractivity contribution in [2.75, 3.05) is 17.7 Å².